The highest BCUT2D eigenvalue weighted by molar-refractivity contribution is 5.75. The van der Waals surface area contributed by atoms with Crippen LogP contribution < -0.4 is 5.32 Å². The zero-order chi connectivity index (χ0) is 15.0. The van der Waals surface area contributed by atoms with E-state index in [4.69, 9.17) is 4.74 Å². The predicted octanol–water partition coefficient (Wildman–Crippen LogP) is 3.04. The van der Waals surface area contributed by atoms with Crippen LogP contribution in [-0.2, 0) is 11.3 Å². The first-order valence-corrected chi connectivity index (χ1v) is 8.55. The molecule has 2 fully saturated rings. The average molecular weight is 299 g/mol. The van der Waals surface area contributed by atoms with E-state index in [1.54, 1.807) is 0 Å². The summed E-state index contributed by atoms with van der Waals surface area (Å²) in [7, 11) is 0. The zero-order valence-corrected chi connectivity index (χ0v) is 13.3. The lowest BCUT2D eigenvalue weighted by molar-refractivity contribution is -0.135. The van der Waals surface area contributed by atoms with Crippen molar-refractivity contribution in [1.82, 2.24) is 14.9 Å². The van der Waals surface area contributed by atoms with Gasteiger partial charge in [0.2, 0.25) is 0 Å². The normalized spacial score (nSPS) is 23.8. The summed E-state index contributed by atoms with van der Waals surface area (Å²) in [6.07, 6.45) is 6.20. The number of ether oxygens (including phenoxy) is 1. The molecule has 4 heteroatoms. The highest BCUT2D eigenvalue weighted by Crippen LogP contribution is 2.42. The number of hydrogen-bond donors (Lipinski definition) is 1. The van der Waals surface area contributed by atoms with Crippen LogP contribution in [0.3, 0.4) is 0 Å². The zero-order valence-electron chi connectivity index (χ0n) is 13.3. The summed E-state index contributed by atoms with van der Waals surface area (Å²) >= 11 is 0. The summed E-state index contributed by atoms with van der Waals surface area (Å²) < 4.78 is 8.33. The van der Waals surface area contributed by atoms with Gasteiger partial charge in [0, 0.05) is 25.7 Å². The minimum Gasteiger partial charge on any atom is -0.375 e. The van der Waals surface area contributed by atoms with Gasteiger partial charge in [0.25, 0.3) is 0 Å². The third-order valence-corrected chi connectivity index (χ3v) is 5.37. The van der Waals surface area contributed by atoms with Crippen molar-refractivity contribution < 1.29 is 4.74 Å². The highest BCUT2D eigenvalue weighted by Gasteiger charge is 2.42. The van der Waals surface area contributed by atoms with Gasteiger partial charge in [-0.1, -0.05) is 12.1 Å². The van der Waals surface area contributed by atoms with Gasteiger partial charge in [0.15, 0.2) is 0 Å². The van der Waals surface area contributed by atoms with Crippen molar-refractivity contribution in [2.75, 3.05) is 13.2 Å². The molecule has 0 amide bonds. The van der Waals surface area contributed by atoms with E-state index in [-0.39, 0.29) is 5.60 Å². The second-order valence-corrected chi connectivity index (χ2v) is 6.83. The van der Waals surface area contributed by atoms with Crippen molar-refractivity contribution in [1.29, 1.82) is 0 Å². The smallest absolute Gasteiger partial charge is 0.106 e. The fraction of sp³-hybridized carbons (Fsp3) is 0.611. The molecule has 1 spiro atoms. The maximum atomic E-state index is 6.01. The van der Waals surface area contributed by atoms with Gasteiger partial charge >= 0.3 is 0 Å². The van der Waals surface area contributed by atoms with Gasteiger partial charge < -0.3 is 14.6 Å². The Morgan fingerprint density at radius 1 is 1.36 bits per heavy atom. The van der Waals surface area contributed by atoms with Gasteiger partial charge in [0.05, 0.1) is 16.6 Å². The van der Waals surface area contributed by atoms with E-state index in [0.29, 0.717) is 6.04 Å². The molecule has 1 aromatic carbocycles. The minimum atomic E-state index is 0.230. The van der Waals surface area contributed by atoms with Gasteiger partial charge in [-0.05, 0) is 51.2 Å². The topological polar surface area (TPSA) is 39.1 Å². The molecule has 2 aromatic rings. The number of hydrogen-bond acceptors (Lipinski definition) is 3. The van der Waals surface area contributed by atoms with E-state index in [1.807, 2.05) is 0 Å². The van der Waals surface area contributed by atoms with Gasteiger partial charge in [-0.3, -0.25) is 0 Å². The van der Waals surface area contributed by atoms with Crippen LogP contribution in [0.5, 0.6) is 0 Å². The Kier molecular flexibility index (Phi) is 3.66. The molecule has 1 aliphatic carbocycles. The lowest BCUT2D eigenvalue weighted by Crippen LogP contribution is -2.51. The van der Waals surface area contributed by atoms with E-state index in [1.165, 1.54) is 31.2 Å². The van der Waals surface area contributed by atoms with Gasteiger partial charge in [-0.25, -0.2) is 4.98 Å². The van der Waals surface area contributed by atoms with E-state index in [2.05, 4.69) is 46.1 Å². The lowest BCUT2D eigenvalue weighted by atomic mass is 9.74. The molecule has 4 rings (SSSR count). The molecule has 1 saturated heterocycles. The fourth-order valence-corrected chi connectivity index (χ4v) is 3.98. The minimum absolute atomic E-state index is 0.230. The Balaban J connectivity index is 1.37. The summed E-state index contributed by atoms with van der Waals surface area (Å²) in [6, 6.07) is 9.01. The lowest BCUT2D eigenvalue weighted by Gasteiger charge is -2.47. The molecule has 2 heterocycles. The summed E-state index contributed by atoms with van der Waals surface area (Å²) in [6.45, 7) is 5.00. The van der Waals surface area contributed by atoms with E-state index in [0.717, 1.165) is 37.5 Å². The third-order valence-electron chi connectivity index (χ3n) is 5.37. The maximum absolute atomic E-state index is 6.01. The Morgan fingerprint density at radius 3 is 3.05 bits per heavy atom. The third kappa shape index (κ3) is 2.55. The second kappa shape index (κ2) is 5.67. The van der Waals surface area contributed by atoms with Crippen LogP contribution >= 0.6 is 0 Å². The van der Waals surface area contributed by atoms with Crippen LogP contribution in [0.25, 0.3) is 11.0 Å². The number of aromatic nitrogens is 2. The first kappa shape index (κ1) is 14.2. The molecule has 1 saturated carbocycles. The molecule has 1 aromatic heterocycles. The van der Waals surface area contributed by atoms with Crippen LogP contribution in [0.2, 0.25) is 0 Å². The standard InChI is InChI=1S/C18H25N3O/c1-14-20-16-5-2-3-6-17(16)21(14)11-10-19-15-7-12-22-18(13-15)8-4-9-18/h2-3,5-6,15,19H,4,7-13H2,1H3. The number of rotatable bonds is 4. The van der Waals surface area contributed by atoms with E-state index < -0.39 is 0 Å². The molecule has 1 N–H and O–H groups in total. The van der Waals surface area contributed by atoms with E-state index >= 15 is 0 Å². The fourth-order valence-electron chi connectivity index (χ4n) is 3.98. The Morgan fingerprint density at radius 2 is 2.23 bits per heavy atom. The Bertz CT molecular complexity index is 659. The van der Waals surface area contributed by atoms with Crippen molar-refractivity contribution in [3.8, 4) is 0 Å². The number of aryl methyl sites for hydroxylation is 1. The first-order chi connectivity index (χ1) is 10.8. The number of nitrogens with zero attached hydrogens (tertiary/aromatic N) is 2. The molecule has 0 bridgehead atoms. The SMILES string of the molecule is Cc1nc2ccccc2n1CCNC1CCOC2(CCC2)C1. The number of fused-ring (bicyclic) bond motifs is 1. The number of imidazole rings is 1. The number of benzene rings is 1. The number of nitrogens with one attached hydrogen (secondary N) is 1. The van der Waals surface area contributed by atoms with Gasteiger partial charge in [-0.2, -0.15) is 0 Å². The molecule has 118 valence electrons. The van der Waals surface area contributed by atoms with Crippen LogP contribution in [0.4, 0.5) is 0 Å². The molecular weight excluding hydrogens is 274 g/mol. The molecule has 2 aliphatic rings. The maximum Gasteiger partial charge on any atom is 0.106 e. The van der Waals surface area contributed by atoms with E-state index in [9.17, 15) is 0 Å². The predicted molar refractivity (Wildman–Crippen MR) is 88.0 cm³/mol. The molecule has 4 nitrogen and oxygen atoms in total. The number of para-hydroxylation sites is 2. The van der Waals surface area contributed by atoms with Crippen molar-refractivity contribution in [3.05, 3.63) is 30.1 Å². The van der Waals surface area contributed by atoms with Gasteiger partial charge in [-0.15, -0.1) is 0 Å². The van der Waals surface area contributed by atoms with Crippen LogP contribution in [0.1, 0.15) is 37.9 Å². The first-order valence-electron chi connectivity index (χ1n) is 8.55. The summed E-state index contributed by atoms with van der Waals surface area (Å²) in [5, 5.41) is 3.75. The molecule has 22 heavy (non-hydrogen) atoms. The Hall–Kier alpha value is -1.39. The quantitative estimate of drug-likeness (QED) is 0.943. The molecule has 1 atom stereocenters. The van der Waals surface area contributed by atoms with Crippen LogP contribution in [0.15, 0.2) is 24.3 Å². The summed E-state index contributed by atoms with van der Waals surface area (Å²) in [5.74, 6) is 1.10. The second-order valence-electron chi connectivity index (χ2n) is 6.83. The monoisotopic (exact) mass is 299 g/mol. The molecule has 1 unspecified atom stereocenters. The van der Waals surface area contributed by atoms with Crippen molar-refractivity contribution in [3.63, 3.8) is 0 Å². The van der Waals surface area contributed by atoms with Crippen molar-refractivity contribution >= 4 is 11.0 Å². The largest absolute Gasteiger partial charge is 0.375 e. The van der Waals surface area contributed by atoms with Crippen LogP contribution in [-0.4, -0.2) is 34.3 Å². The molecular formula is C18H25N3O. The molecule has 1 aliphatic heterocycles. The Labute approximate surface area is 131 Å². The van der Waals surface area contributed by atoms with Crippen molar-refractivity contribution in [2.24, 2.45) is 0 Å². The highest BCUT2D eigenvalue weighted by atomic mass is 16.5. The molecule has 0 radical (unpaired) electrons. The van der Waals surface area contributed by atoms with Gasteiger partial charge in [0.1, 0.15) is 5.82 Å². The average Bonchev–Trinajstić information content (AvgIpc) is 2.82. The van der Waals surface area contributed by atoms with Crippen molar-refractivity contribution in [2.45, 2.75) is 57.2 Å². The summed E-state index contributed by atoms with van der Waals surface area (Å²) in [5.41, 5.74) is 2.57. The summed E-state index contributed by atoms with van der Waals surface area (Å²) in [4.78, 5) is 4.64. The van der Waals surface area contributed by atoms with Crippen LogP contribution in [0, 0.1) is 6.92 Å².